The molecule has 34 heteroatoms. The van der Waals surface area contributed by atoms with Crippen LogP contribution in [0.5, 0.6) is 0 Å². The maximum atomic E-state index is 11.7. The Morgan fingerprint density at radius 2 is 0.594 bits per heavy atom. The monoisotopic (exact) mass is 2220 g/mol. The van der Waals surface area contributed by atoms with E-state index in [4.69, 9.17) is 23.7 Å². The Morgan fingerprint density at radius 1 is 0.329 bits per heavy atom. The predicted octanol–water partition coefficient (Wildman–Crippen LogP) is 17.2. The molecule has 3 radical (unpaired) electrons. The van der Waals surface area contributed by atoms with E-state index in [0.717, 1.165) is 99.8 Å². The number of nitrogens with one attached hydrogen (secondary N) is 2. The first kappa shape index (κ1) is 148. The largest absolute Gasteiger partial charge is 0.542 e. The first-order valence-corrected chi connectivity index (χ1v) is 48.4. The van der Waals surface area contributed by atoms with Gasteiger partial charge in [0.2, 0.25) is 11.8 Å². The Morgan fingerprint density at radius 3 is 0.867 bits per heavy atom. The van der Waals surface area contributed by atoms with Crippen LogP contribution in [-0.4, -0.2) is 242 Å². The number of Topliss-reactive ketones (excluding diaryl/α,β-unsaturated/α-hetero) is 2. The van der Waals surface area contributed by atoms with E-state index >= 15 is 0 Å². The zero-order chi connectivity index (χ0) is 105. The van der Waals surface area contributed by atoms with Crippen molar-refractivity contribution in [1.29, 1.82) is 0 Å². The van der Waals surface area contributed by atoms with Gasteiger partial charge in [-0.1, -0.05) is 183 Å². The summed E-state index contributed by atoms with van der Waals surface area (Å²) in [6.07, 6.45) is 46.7. The number of hydrogen-bond acceptors (Lipinski definition) is 22. The second-order valence-electron chi connectivity index (χ2n) is 35.3. The second-order valence-corrected chi connectivity index (χ2v) is 35.3. The normalized spacial score (nSPS) is 13.9. The number of hydrazone groups is 2. The van der Waals surface area contributed by atoms with Crippen LogP contribution in [0.15, 0.2) is 181 Å². The summed E-state index contributed by atoms with van der Waals surface area (Å²) in [6.45, 7) is 73.6. The molecule has 7 aliphatic heterocycles. The number of hydrogen-bond donors (Lipinski definition) is 2. The van der Waals surface area contributed by atoms with Crippen molar-refractivity contribution in [2.45, 2.75) is 252 Å². The van der Waals surface area contributed by atoms with Crippen molar-refractivity contribution in [1.82, 2.24) is 45.2 Å². The average Bonchev–Trinajstić information content (AvgIpc) is 1.87. The van der Waals surface area contributed by atoms with Crippen LogP contribution < -0.4 is 10.9 Å². The molecule has 0 saturated carbocycles. The molecule has 2 N–H and O–H groups in total. The topological polar surface area (TPSA) is 374 Å². The summed E-state index contributed by atoms with van der Waals surface area (Å²) < 4.78 is 25.9. The Labute approximate surface area is 933 Å². The van der Waals surface area contributed by atoms with Gasteiger partial charge in [0, 0.05) is 303 Å². The van der Waals surface area contributed by atoms with Gasteiger partial charge in [-0.3, -0.25) is 76.4 Å². The minimum absolute atomic E-state index is 0. The summed E-state index contributed by atoms with van der Waals surface area (Å²) in [5.74, 6) is 2.89. The van der Waals surface area contributed by atoms with Crippen molar-refractivity contribution >= 4 is 102 Å². The molecule has 0 fully saturated rings. The summed E-state index contributed by atoms with van der Waals surface area (Å²) in [6, 6.07) is 0. The van der Waals surface area contributed by atoms with Gasteiger partial charge in [-0.2, -0.15) is 34.4 Å². The number of ketones is 2. The van der Waals surface area contributed by atoms with Crippen molar-refractivity contribution in [2.24, 2.45) is 51.6 Å². The number of unbranched alkanes of at least 4 members (excludes halogenated alkanes) is 9. The molecule has 0 aromatic carbocycles. The molecule has 31 nitrogen and oxygen atoms in total. The van der Waals surface area contributed by atoms with Gasteiger partial charge in [0.1, 0.15) is 11.6 Å². The van der Waals surface area contributed by atoms with Gasteiger partial charge < -0.3 is 93.1 Å². The number of allylic oxidation sites excluding steroid dienone is 7. The van der Waals surface area contributed by atoms with Crippen LogP contribution >= 0.6 is 0 Å². The summed E-state index contributed by atoms with van der Waals surface area (Å²) in [4.78, 5) is 178. The first-order valence-electron chi connectivity index (χ1n) is 48.4. The average molecular weight is 2220 g/mol. The maximum absolute atomic E-state index is 11.7. The van der Waals surface area contributed by atoms with Crippen molar-refractivity contribution in [2.75, 3.05) is 105 Å². The summed E-state index contributed by atoms with van der Waals surface area (Å²) in [5.41, 5.74) is 10.0. The third kappa shape index (κ3) is 83.6. The van der Waals surface area contributed by atoms with Crippen LogP contribution in [0.3, 0.4) is 0 Å². The molecular formula is C109H169N11O20Y3-6. The third-order valence-electron chi connectivity index (χ3n) is 18.6. The molecule has 0 aromatic rings. The molecule has 0 unspecified atom stereocenters. The fraction of sp³-hybridized carbons (Fsp3) is 0.560. The SMILES string of the molecule is C.C=C1C=CC(=O)N1CCC(=O)CCCOCCOCC[C-]=O.C=C1C=CC(=O)N1CCCCCC(=O)C(C)C.C=C1C=CC(=O)N1CCCCCC(=O)N/N=C/C(C)C.C=C1C=CC(=O)N1CCCCCC(=O)N/N=C/C(C)C.C=C1C=CC(=O)N1CCCCCC(=O)OCC(C)C.C=C1C=CC(=O)N1CCC[C-]=O.C=C1C=CC(=O)N1CCOCCOCC[C-]=O.[CH2-]C(C)C.[CH2-]C(C)C.[CH2-]C(C)C.[Y].[Y].[Y]. The summed E-state index contributed by atoms with van der Waals surface area (Å²) >= 11 is 0. The molecule has 0 saturated heterocycles. The zero-order valence-corrected chi connectivity index (χ0v) is 96.4. The maximum Gasteiger partial charge on any atom is 0.305 e. The molecular weight excluding hydrogens is 2050 g/mol. The molecule has 7 heterocycles. The Bertz CT molecular complexity index is 3890. The number of amides is 9. The zero-order valence-electron chi connectivity index (χ0n) is 87.8. The molecule has 0 aliphatic carbocycles. The fourth-order valence-corrected chi connectivity index (χ4v) is 11.4. The molecule has 7 rings (SSSR count). The van der Waals surface area contributed by atoms with Crippen LogP contribution in [0.25, 0.3) is 0 Å². The standard InChI is InChI=1S/C16H22NO5.2C15H23N3O2.C15H23NO3.C14H21NO2.C12H16NO4.C9H10NO2.3C4H9.CH4.3Y/c1-14-5-6-16(20)17(14)8-7-15(19)4-2-10-21-12-13-22-11-3-9-18;2*1-12(2)11-16-17-14(19)7-5-4-6-10-18-13(3)8-9-15(18)20;1-12(2)11-19-15(18)7-5-4-6-10-16-13(3)8-9-14(16)17;1-11(2)13(16)7-5-4-6-10-15-12(3)8-9-14(15)17;1-11-3-4-12(15)13(11)5-8-17-10-9-16-7-2-6-14;1-8-4-5-9(12)10(8)6-2-3-7-11;3*1-4(2)3;;;;/h5-6H,1-4,7-8,10-13H2;2*8-9,11-12H,3-7,10H2,1-2H3,(H,17,19);8-9,12H,3-7,10-11H2,1-2H3;8-9,11H,3-7,10H2,1-2H3;3-4H,1-2,5,7-10H2;4-5H,1-3,6H2;3*4H,1H2,2-3H3;1H4;;;/q-1;;;;;5*-1;;;;/b;2*16-11+;;;;;;;;;;;. The molecule has 143 heavy (non-hydrogen) atoms. The number of esters is 1. The van der Waals surface area contributed by atoms with Gasteiger partial charge in [-0.15, -0.1) is 12.8 Å². The molecule has 795 valence electrons. The number of rotatable bonds is 57. The van der Waals surface area contributed by atoms with Gasteiger partial charge in [-0.05, 0) is 118 Å². The van der Waals surface area contributed by atoms with Crippen LogP contribution in [0, 0.1) is 62.2 Å². The predicted molar refractivity (Wildman–Crippen MR) is 557 cm³/mol. The Balaban J connectivity index is -0.000000296. The summed E-state index contributed by atoms with van der Waals surface area (Å²) in [5, 5.41) is 7.71. The number of carbonyl (C=O) groups is 12. The Hall–Kier alpha value is -8.10. The van der Waals surface area contributed by atoms with E-state index < -0.39 is 0 Å². The van der Waals surface area contributed by atoms with Crippen LogP contribution in [-0.2, 0) is 194 Å². The smallest absolute Gasteiger partial charge is 0.305 e. The van der Waals surface area contributed by atoms with E-state index in [-0.39, 0.29) is 189 Å². The molecule has 0 aromatic heterocycles. The van der Waals surface area contributed by atoms with Crippen molar-refractivity contribution in [3.8, 4) is 0 Å². The number of carbonyl (C=O) groups excluding carboxylic acids is 15. The van der Waals surface area contributed by atoms with E-state index in [0.29, 0.717) is 221 Å². The van der Waals surface area contributed by atoms with Gasteiger partial charge >= 0.3 is 5.97 Å². The minimum atomic E-state index is -0.128. The number of nitrogens with zero attached hydrogens (tertiary/aromatic N) is 9. The van der Waals surface area contributed by atoms with Crippen molar-refractivity contribution in [3.63, 3.8) is 0 Å². The molecule has 7 aliphatic rings. The van der Waals surface area contributed by atoms with E-state index in [1.807, 2.05) is 55.4 Å². The van der Waals surface area contributed by atoms with Gasteiger partial charge in [0.05, 0.1) is 39.6 Å². The van der Waals surface area contributed by atoms with Gasteiger partial charge in [0.15, 0.2) is 0 Å². The van der Waals surface area contributed by atoms with E-state index in [2.05, 4.69) is 129 Å². The minimum Gasteiger partial charge on any atom is -0.542 e. The van der Waals surface area contributed by atoms with E-state index in [9.17, 15) is 71.9 Å². The van der Waals surface area contributed by atoms with Gasteiger partial charge in [0.25, 0.3) is 41.4 Å². The van der Waals surface area contributed by atoms with Crippen LogP contribution in [0.4, 0.5) is 0 Å². The van der Waals surface area contributed by atoms with Crippen molar-refractivity contribution < 1.29 is 194 Å². The third-order valence-corrected chi connectivity index (χ3v) is 18.6. The van der Waals surface area contributed by atoms with Gasteiger partial charge in [-0.25, -0.2) is 10.9 Å². The van der Waals surface area contributed by atoms with Crippen LogP contribution in [0.2, 0.25) is 0 Å². The van der Waals surface area contributed by atoms with E-state index in [1.54, 1.807) is 109 Å². The Kier molecular flexibility index (Phi) is 98.1. The van der Waals surface area contributed by atoms with Crippen LogP contribution in [0.1, 0.15) is 252 Å². The second kappa shape index (κ2) is 94.9. The molecule has 0 atom stereocenters. The van der Waals surface area contributed by atoms with E-state index in [1.165, 1.54) is 41.4 Å². The quantitative estimate of drug-likeness (QED) is 0.0188. The fourth-order valence-electron chi connectivity index (χ4n) is 11.4. The molecule has 0 spiro atoms. The first-order chi connectivity index (χ1) is 65.9. The summed E-state index contributed by atoms with van der Waals surface area (Å²) in [7, 11) is 0. The molecule has 0 bridgehead atoms. The number of ether oxygens (including phenoxy) is 5. The van der Waals surface area contributed by atoms with Crippen molar-refractivity contribution in [3.05, 3.63) is 192 Å². The molecule has 9 amide bonds.